The fourth-order valence-corrected chi connectivity index (χ4v) is 3.22. The topological polar surface area (TPSA) is 109 Å². The van der Waals surface area contributed by atoms with Crippen molar-refractivity contribution in [2.75, 3.05) is 14.2 Å². The van der Waals surface area contributed by atoms with E-state index < -0.39 is 38.5 Å². The van der Waals surface area contributed by atoms with Crippen LogP contribution in [0.3, 0.4) is 0 Å². The lowest BCUT2D eigenvalue weighted by atomic mass is 10.3. The van der Waals surface area contributed by atoms with Crippen molar-refractivity contribution in [2.24, 2.45) is 14.1 Å². The molecule has 1 heterocycles. The highest BCUT2D eigenvalue weighted by Gasteiger charge is 2.27. The zero-order valence-corrected chi connectivity index (χ0v) is 13.3. The largest absolute Gasteiger partial charge is 0.354 e. The molecule has 0 aliphatic heterocycles. The molecule has 10 heteroatoms. The third-order valence-corrected chi connectivity index (χ3v) is 4.46. The van der Waals surface area contributed by atoms with E-state index in [4.69, 9.17) is 9.47 Å². The molecule has 0 saturated carbocycles. The van der Waals surface area contributed by atoms with Crippen LogP contribution in [-0.4, -0.2) is 44.1 Å². The Balaban J connectivity index is 3.27. The normalized spacial score (nSPS) is 13.6. The van der Waals surface area contributed by atoms with Crippen LogP contribution < -0.4 is 16.0 Å². The molecule has 0 fully saturated rings. The molecule has 0 amide bonds. The number of aryl methyl sites for hydroxylation is 1. The van der Waals surface area contributed by atoms with Crippen molar-refractivity contribution in [2.45, 2.75) is 24.2 Å². The van der Waals surface area contributed by atoms with Crippen LogP contribution in [0, 0.1) is 0 Å². The van der Waals surface area contributed by atoms with Crippen molar-refractivity contribution in [1.82, 2.24) is 13.9 Å². The highest BCUT2D eigenvalue weighted by molar-refractivity contribution is 7.89. The lowest BCUT2D eigenvalue weighted by Gasteiger charge is -2.22. The van der Waals surface area contributed by atoms with Gasteiger partial charge in [0, 0.05) is 34.5 Å². The molecule has 0 aliphatic carbocycles. The Hall–Kier alpha value is -1.49. The van der Waals surface area contributed by atoms with Gasteiger partial charge in [0.15, 0.2) is 11.2 Å². The first-order valence-corrected chi connectivity index (χ1v) is 7.48. The third kappa shape index (κ3) is 3.59. The smallest absolute Gasteiger partial charge is 0.330 e. The number of nitrogens with one attached hydrogen (secondary N) is 1. The van der Waals surface area contributed by atoms with Gasteiger partial charge < -0.3 is 14.0 Å². The predicted molar refractivity (Wildman–Crippen MR) is 74.5 cm³/mol. The first-order valence-electron chi connectivity index (χ1n) is 6.00. The molecule has 1 atom stereocenters. The second kappa shape index (κ2) is 6.52. The monoisotopic (exact) mass is 321 g/mol. The van der Waals surface area contributed by atoms with Gasteiger partial charge >= 0.3 is 5.69 Å². The van der Waals surface area contributed by atoms with Gasteiger partial charge in [0.05, 0.1) is 6.04 Å². The van der Waals surface area contributed by atoms with E-state index in [9.17, 15) is 18.0 Å². The molecule has 1 rings (SSSR count). The van der Waals surface area contributed by atoms with E-state index in [-0.39, 0.29) is 0 Å². The minimum Gasteiger partial charge on any atom is -0.354 e. The van der Waals surface area contributed by atoms with Crippen LogP contribution in [0.5, 0.6) is 0 Å². The first kappa shape index (κ1) is 17.6. The number of ether oxygens (including phenoxy) is 2. The summed E-state index contributed by atoms with van der Waals surface area (Å²) < 4.78 is 38.5. The van der Waals surface area contributed by atoms with E-state index in [1.165, 1.54) is 35.2 Å². The van der Waals surface area contributed by atoms with Crippen molar-refractivity contribution in [1.29, 1.82) is 0 Å². The molecule has 1 aromatic rings. The van der Waals surface area contributed by atoms with E-state index in [0.29, 0.717) is 0 Å². The van der Waals surface area contributed by atoms with E-state index in [1.54, 1.807) is 0 Å². The van der Waals surface area contributed by atoms with E-state index in [1.807, 2.05) is 0 Å². The standard InChI is InChI=1S/C11H19N3O6S/c1-7(10(19-4)20-5)12-21(17,18)8-6-13(2)11(16)14(3)9(8)15/h6-7,10,12H,1-5H3. The SMILES string of the molecule is COC(OC)C(C)NS(=O)(=O)c1cn(C)c(=O)n(C)c1=O. The molecule has 0 aliphatic rings. The highest BCUT2D eigenvalue weighted by atomic mass is 32.2. The van der Waals surface area contributed by atoms with Crippen molar-refractivity contribution < 1.29 is 17.9 Å². The maximum Gasteiger partial charge on any atom is 0.330 e. The molecular weight excluding hydrogens is 302 g/mol. The van der Waals surface area contributed by atoms with Gasteiger partial charge in [-0.15, -0.1) is 0 Å². The number of hydrogen-bond acceptors (Lipinski definition) is 6. The van der Waals surface area contributed by atoms with E-state index >= 15 is 0 Å². The molecule has 120 valence electrons. The molecule has 0 bridgehead atoms. The Bertz CT molecular complexity index is 716. The second-order valence-corrected chi connectivity index (χ2v) is 6.18. The summed E-state index contributed by atoms with van der Waals surface area (Å²) >= 11 is 0. The van der Waals surface area contributed by atoms with Gasteiger partial charge in [-0.05, 0) is 6.92 Å². The number of methoxy groups -OCH3 is 2. The third-order valence-electron chi connectivity index (χ3n) is 2.92. The highest BCUT2D eigenvalue weighted by Crippen LogP contribution is 2.05. The van der Waals surface area contributed by atoms with E-state index in [2.05, 4.69) is 4.72 Å². The summed E-state index contributed by atoms with van der Waals surface area (Å²) in [6.45, 7) is 1.53. The minimum atomic E-state index is -4.12. The molecule has 9 nitrogen and oxygen atoms in total. The van der Waals surface area contributed by atoms with Crippen LogP contribution in [0.25, 0.3) is 0 Å². The fourth-order valence-electron chi connectivity index (χ4n) is 1.83. The van der Waals surface area contributed by atoms with Gasteiger partial charge in [-0.2, -0.15) is 0 Å². The van der Waals surface area contributed by atoms with Crippen LogP contribution in [0.4, 0.5) is 0 Å². The first-order chi connectivity index (χ1) is 9.65. The van der Waals surface area contributed by atoms with E-state index in [0.717, 1.165) is 15.3 Å². The van der Waals surface area contributed by atoms with Crippen LogP contribution >= 0.6 is 0 Å². The minimum absolute atomic E-state index is 0.523. The number of aromatic nitrogens is 2. The van der Waals surface area contributed by atoms with Crippen LogP contribution in [0.15, 0.2) is 20.7 Å². The Kier molecular flexibility index (Phi) is 5.45. The number of sulfonamides is 1. The molecule has 0 aromatic carbocycles. The lowest BCUT2D eigenvalue weighted by Crippen LogP contribution is -2.46. The summed E-state index contributed by atoms with van der Waals surface area (Å²) in [5.41, 5.74) is -1.51. The zero-order chi connectivity index (χ0) is 16.4. The number of hydrogen-bond donors (Lipinski definition) is 1. The average Bonchev–Trinajstić information content (AvgIpc) is 2.41. The van der Waals surface area contributed by atoms with Gasteiger partial charge in [-0.3, -0.25) is 9.36 Å². The Morgan fingerprint density at radius 1 is 1.19 bits per heavy atom. The van der Waals surface area contributed by atoms with Crippen molar-refractivity contribution >= 4 is 10.0 Å². The van der Waals surface area contributed by atoms with Crippen molar-refractivity contribution in [3.8, 4) is 0 Å². The Morgan fingerprint density at radius 3 is 2.19 bits per heavy atom. The van der Waals surface area contributed by atoms with Gasteiger partial charge in [0.25, 0.3) is 5.56 Å². The van der Waals surface area contributed by atoms with Crippen molar-refractivity contribution in [3.63, 3.8) is 0 Å². The van der Waals surface area contributed by atoms with Gasteiger partial charge in [-0.1, -0.05) is 0 Å². The summed E-state index contributed by atoms with van der Waals surface area (Å²) in [5, 5.41) is 0. The fraction of sp³-hybridized carbons (Fsp3) is 0.636. The molecule has 1 N–H and O–H groups in total. The average molecular weight is 321 g/mol. The van der Waals surface area contributed by atoms with Gasteiger partial charge in [0.2, 0.25) is 10.0 Å². The van der Waals surface area contributed by atoms with Crippen LogP contribution in [0.1, 0.15) is 6.92 Å². The number of rotatable bonds is 6. The van der Waals surface area contributed by atoms with Crippen molar-refractivity contribution in [3.05, 3.63) is 27.0 Å². The Labute approximate surface area is 122 Å². The molecule has 1 aromatic heterocycles. The predicted octanol–water partition coefficient (Wildman–Crippen LogP) is -1.63. The molecule has 0 radical (unpaired) electrons. The maximum absolute atomic E-state index is 12.3. The van der Waals surface area contributed by atoms with Crippen LogP contribution in [-0.2, 0) is 33.6 Å². The molecule has 21 heavy (non-hydrogen) atoms. The summed E-state index contributed by atoms with van der Waals surface area (Å²) in [6.07, 6.45) is 0.171. The molecule has 0 saturated heterocycles. The summed E-state index contributed by atoms with van der Waals surface area (Å²) in [5.74, 6) is 0. The molecular formula is C11H19N3O6S. The van der Waals surface area contributed by atoms with Gasteiger partial charge in [0.1, 0.15) is 0 Å². The number of nitrogens with zero attached hydrogens (tertiary/aromatic N) is 2. The summed E-state index contributed by atoms with van der Waals surface area (Å²) in [7, 11) is 1.18. The zero-order valence-electron chi connectivity index (χ0n) is 12.5. The molecule has 1 unspecified atom stereocenters. The van der Waals surface area contributed by atoms with Crippen LogP contribution in [0.2, 0.25) is 0 Å². The molecule has 0 spiro atoms. The lowest BCUT2D eigenvalue weighted by molar-refractivity contribution is -0.115. The summed E-state index contributed by atoms with van der Waals surface area (Å²) in [6, 6.07) is -0.730. The summed E-state index contributed by atoms with van der Waals surface area (Å²) in [4.78, 5) is 23.0. The Morgan fingerprint density at radius 2 is 1.71 bits per heavy atom. The maximum atomic E-state index is 12.3. The second-order valence-electron chi connectivity index (χ2n) is 4.50. The quantitative estimate of drug-likeness (QED) is 0.630. The van der Waals surface area contributed by atoms with Gasteiger partial charge in [-0.25, -0.2) is 17.9 Å².